The fraction of sp³-hybridized carbons (Fsp3) is 0.176. The maximum Gasteiger partial charge on any atom is 0.229 e. The van der Waals surface area contributed by atoms with Crippen molar-refractivity contribution in [1.29, 1.82) is 0 Å². The van der Waals surface area contributed by atoms with Crippen molar-refractivity contribution < 1.29 is 14.3 Å². The molecule has 7 heteroatoms. The SMILES string of the molecule is COc1ccc2nc(NC(=O)CCOc3ccc(Cl)cc3)sc2c1. The van der Waals surface area contributed by atoms with E-state index in [1.165, 1.54) is 11.3 Å². The van der Waals surface area contributed by atoms with Gasteiger partial charge in [-0.25, -0.2) is 4.98 Å². The maximum absolute atomic E-state index is 12.0. The van der Waals surface area contributed by atoms with Gasteiger partial charge in [0.1, 0.15) is 11.5 Å². The van der Waals surface area contributed by atoms with Crippen LogP contribution in [0.15, 0.2) is 42.5 Å². The number of halogens is 1. The number of benzene rings is 2. The van der Waals surface area contributed by atoms with Crippen molar-refractivity contribution in [2.75, 3.05) is 19.0 Å². The Kier molecular flexibility index (Phi) is 5.17. The number of hydrogen-bond acceptors (Lipinski definition) is 5. The van der Waals surface area contributed by atoms with E-state index in [0.29, 0.717) is 15.9 Å². The summed E-state index contributed by atoms with van der Waals surface area (Å²) in [4.78, 5) is 16.4. The Balaban J connectivity index is 1.53. The minimum atomic E-state index is -0.144. The molecule has 0 bridgehead atoms. The zero-order valence-corrected chi connectivity index (χ0v) is 14.5. The van der Waals surface area contributed by atoms with Crippen LogP contribution in [0.2, 0.25) is 5.02 Å². The third-order valence-electron chi connectivity index (χ3n) is 3.25. The van der Waals surface area contributed by atoms with E-state index in [9.17, 15) is 4.79 Å². The molecule has 0 fully saturated rings. The summed E-state index contributed by atoms with van der Waals surface area (Å²) in [5.74, 6) is 1.30. The summed E-state index contributed by atoms with van der Waals surface area (Å²) in [5, 5.41) is 4.00. The second-order valence-corrected chi connectivity index (χ2v) is 6.42. The highest BCUT2D eigenvalue weighted by atomic mass is 35.5. The van der Waals surface area contributed by atoms with Gasteiger partial charge in [-0.1, -0.05) is 22.9 Å². The lowest BCUT2D eigenvalue weighted by Gasteiger charge is -2.05. The molecule has 3 aromatic rings. The molecule has 0 spiro atoms. The number of anilines is 1. The third-order valence-corrected chi connectivity index (χ3v) is 4.44. The van der Waals surface area contributed by atoms with Gasteiger partial charge in [0, 0.05) is 5.02 Å². The normalized spacial score (nSPS) is 10.6. The number of fused-ring (bicyclic) bond motifs is 1. The number of hydrogen-bond donors (Lipinski definition) is 1. The van der Waals surface area contributed by atoms with Crippen LogP contribution in [0.5, 0.6) is 11.5 Å². The van der Waals surface area contributed by atoms with Gasteiger partial charge in [-0.3, -0.25) is 4.79 Å². The van der Waals surface area contributed by atoms with Crippen LogP contribution < -0.4 is 14.8 Å². The van der Waals surface area contributed by atoms with Crippen molar-refractivity contribution in [3.05, 3.63) is 47.5 Å². The fourth-order valence-electron chi connectivity index (χ4n) is 2.06. The Morgan fingerprint density at radius 3 is 2.71 bits per heavy atom. The minimum absolute atomic E-state index is 0.144. The average Bonchev–Trinajstić information content (AvgIpc) is 2.97. The molecule has 0 saturated carbocycles. The summed E-state index contributed by atoms with van der Waals surface area (Å²) in [7, 11) is 1.62. The van der Waals surface area contributed by atoms with E-state index in [2.05, 4.69) is 10.3 Å². The van der Waals surface area contributed by atoms with Crippen molar-refractivity contribution in [3.63, 3.8) is 0 Å². The Labute approximate surface area is 148 Å². The van der Waals surface area contributed by atoms with Gasteiger partial charge in [0.05, 0.1) is 30.4 Å². The largest absolute Gasteiger partial charge is 0.497 e. The molecule has 0 aliphatic rings. The Bertz CT molecular complexity index is 849. The lowest BCUT2D eigenvalue weighted by atomic mass is 10.3. The van der Waals surface area contributed by atoms with Gasteiger partial charge in [-0.2, -0.15) is 0 Å². The number of methoxy groups -OCH3 is 1. The molecule has 0 radical (unpaired) electrons. The number of ether oxygens (including phenoxy) is 2. The summed E-state index contributed by atoms with van der Waals surface area (Å²) in [6.07, 6.45) is 0.238. The first-order valence-electron chi connectivity index (χ1n) is 7.27. The summed E-state index contributed by atoms with van der Waals surface area (Å²) < 4.78 is 11.6. The zero-order valence-electron chi connectivity index (χ0n) is 12.9. The highest BCUT2D eigenvalue weighted by Gasteiger charge is 2.09. The van der Waals surface area contributed by atoms with E-state index in [0.717, 1.165) is 16.0 Å². The quantitative estimate of drug-likeness (QED) is 0.707. The van der Waals surface area contributed by atoms with E-state index in [-0.39, 0.29) is 18.9 Å². The fourth-order valence-corrected chi connectivity index (χ4v) is 3.10. The first-order valence-corrected chi connectivity index (χ1v) is 8.46. The van der Waals surface area contributed by atoms with Gasteiger partial charge < -0.3 is 14.8 Å². The number of carbonyl (C=O) groups is 1. The molecule has 24 heavy (non-hydrogen) atoms. The molecule has 1 amide bonds. The van der Waals surface area contributed by atoms with Crippen molar-refractivity contribution in [1.82, 2.24) is 4.98 Å². The van der Waals surface area contributed by atoms with Crippen LogP contribution >= 0.6 is 22.9 Å². The van der Waals surface area contributed by atoms with Gasteiger partial charge in [-0.05, 0) is 42.5 Å². The zero-order chi connectivity index (χ0) is 16.9. The molecule has 2 aromatic carbocycles. The van der Waals surface area contributed by atoms with Crippen LogP contribution in [0.3, 0.4) is 0 Å². The molecule has 5 nitrogen and oxygen atoms in total. The highest BCUT2D eigenvalue weighted by molar-refractivity contribution is 7.22. The lowest BCUT2D eigenvalue weighted by molar-refractivity contribution is -0.116. The number of carbonyl (C=O) groups excluding carboxylic acids is 1. The van der Waals surface area contributed by atoms with E-state index >= 15 is 0 Å². The summed E-state index contributed by atoms with van der Waals surface area (Å²) in [6.45, 7) is 0.284. The molecule has 0 atom stereocenters. The second kappa shape index (κ2) is 7.51. The van der Waals surface area contributed by atoms with Crippen LogP contribution in [-0.2, 0) is 4.79 Å². The van der Waals surface area contributed by atoms with Crippen molar-refractivity contribution in [2.24, 2.45) is 0 Å². The first kappa shape index (κ1) is 16.5. The molecule has 1 heterocycles. The number of rotatable bonds is 6. The van der Waals surface area contributed by atoms with Crippen molar-refractivity contribution >= 4 is 44.2 Å². The van der Waals surface area contributed by atoms with Crippen LogP contribution in [0.1, 0.15) is 6.42 Å². The smallest absolute Gasteiger partial charge is 0.229 e. The molecule has 3 rings (SSSR count). The Morgan fingerprint density at radius 1 is 1.21 bits per heavy atom. The molecule has 0 aliphatic carbocycles. The minimum Gasteiger partial charge on any atom is -0.497 e. The topological polar surface area (TPSA) is 60.5 Å². The Hall–Kier alpha value is -2.31. The maximum atomic E-state index is 12.0. The standard InChI is InChI=1S/C17H15ClN2O3S/c1-22-13-6-7-14-15(10-13)24-17(19-14)20-16(21)8-9-23-12-4-2-11(18)3-5-12/h2-7,10H,8-9H2,1H3,(H,19,20,21). The summed E-state index contributed by atoms with van der Waals surface area (Å²) in [6, 6.07) is 12.6. The highest BCUT2D eigenvalue weighted by Crippen LogP contribution is 2.29. The molecule has 1 aromatic heterocycles. The molecule has 0 unspecified atom stereocenters. The second-order valence-electron chi connectivity index (χ2n) is 4.95. The molecule has 124 valence electrons. The van der Waals surface area contributed by atoms with E-state index < -0.39 is 0 Å². The monoisotopic (exact) mass is 362 g/mol. The van der Waals surface area contributed by atoms with E-state index in [1.807, 2.05) is 18.2 Å². The summed E-state index contributed by atoms with van der Waals surface area (Å²) in [5.41, 5.74) is 0.827. The number of thiazole rings is 1. The number of aromatic nitrogens is 1. The predicted octanol–water partition coefficient (Wildman–Crippen LogP) is 4.37. The van der Waals surface area contributed by atoms with Crippen LogP contribution in [-0.4, -0.2) is 24.6 Å². The molecule has 0 aliphatic heterocycles. The number of amides is 1. The van der Waals surface area contributed by atoms with Gasteiger partial charge >= 0.3 is 0 Å². The van der Waals surface area contributed by atoms with Gasteiger partial charge in [-0.15, -0.1) is 0 Å². The van der Waals surface area contributed by atoms with Crippen LogP contribution in [0, 0.1) is 0 Å². The van der Waals surface area contributed by atoms with Gasteiger partial charge in [0.15, 0.2) is 5.13 Å². The van der Waals surface area contributed by atoms with Gasteiger partial charge in [0.2, 0.25) is 5.91 Å². The Morgan fingerprint density at radius 2 is 1.96 bits per heavy atom. The van der Waals surface area contributed by atoms with Crippen LogP contribution in [0.25, 0.3) is 10.2 Å². The van der Waals surface area contributed by atoms with Crippen molar-refractivity contribution in [3.8, 4) is 11.5 Å². The molecular weight excluding hydrogens is 348 g/mol. The van der Waals surface area contributed by atoms with E-state index in [1.54, 1.807) is 31.4 Å². The third kappa shape index (κ3) is 4.15. The lowest BCUT2D eigenvalue weighted by Crippen LogP contribution is -2.14. The predicted molar refractivity (Wildman–Crippen MR) is 96.4 cm³/mol. The molecule has 1 N–H and O–H groups in total. The summed E-state index contributed by atoms with van der Waals surface area (Å²) >= 11 is 7.21. The van der Waals surface area contributed by atoms with Crippen LogP contribution in [0.4, 0.5) is 5.13 Å². The average molecular weight is 363 g/mol. The number of nitrogens with one attached hydrogen (secondary N) is 1. The van der Waals surface area contributed by atoms with Crippen molar-refractivity contribution in [2.45, 2.75) is 6.42 Å². The molecular formula is C17H15ClN2O3S. The molecule has 0 saturated heterocycles. The van der Waals surface area contributed by atoms with Gasteiger partial charge in [0.25, 0.3) is 0 Å². The first-order chi connectivity index (χ1) is 11.6. The number of nitrogens with zero attached hydrogens (tertiary/aromatic N) is 1. The van der Waals surface area contributed by atoms with E-state index in [4.69, 9.17) is 21.1 Å².